The van der Waals surface area contributed by atoms with E-state index in [9.17, 15) is 4.39 Å². The number of nitrogens with zero attached hydrogens (tertiary/aromatic N) is 3. The Labute approximate surface area is 84.6 Å². The van der Waals surface area contributed by atoms with Gasteiger partial charge in [-0.1, -0.05) is 23.7 Å². The Balaban J connectivity index is 2.55. The number of rotatable bonds is 1. The monoisotopic (exact) mass is 209 g/mol. The molecular formula is C9H5ClFN3. The minimum absolute atomic E-state index is 0.214. The van der Waals surface area contributed by atoms with E-state index in [2.05, 4.69) is 15.2 Å². The normalized spacial score (nSPS) is 10.1. The quantitative estimate of drug-likeness (QED) is 0.724. The molecule has 0 spiro atoms. The molecule has 0 saturated carbocycles. The number of halogens is 2. The lowest BCUT2D eigenvalue weighted by Gasteiger charge is -2.00. The van der Waals surface area contributed by atoms with Gasteiger partial charge in [0.25, 0.3) is 0 Å². The van der Waals surface area contributed by atoms with Crippen LogP contribution in [0.5, 0.6) is 0 Å². The maximum Gasteiger partial charge on any atom is 0.159 e. The maximum absolute atomic E-state index is 12.9. The van der Waals surface area contributed by atoms with Crippen LogP contribution in [0, 0.1) is 5.82 Å². The van der Waals surface area contributed by atoms with Gasteiger partial charge < -0.3 is 0 Å². The van der Waals surface area contributed by atoms with Gasteiger partial charge in [0.15, 0.2) is 5.15 Å². The fraction of sp³-hybridized carbons (Fsp3) is 0. The van der Waals surface area contributed by atoms with Crippen LogP contribution >= 0.6 is 11.6 Å². The molecule has 0 saturated heterocycles. The summed E-state index contributed by atoms with van der Waals surface area (Å²) >= 11 is 5.78. The second-order valence-corrected chi connectivity index (χ2v) is 2.97. The van der Waals surface area contributed by atoms with Crippen molar-refractivity contribution in [1.82, 2.24) is 15.2 Å². The molecule has 1 aromatic heterocycles. The molecule has 3 nitrogen and oxygen atoms in total. The highest BCUT2D eigenvalue weighted by molar-refractivity contribution is 6.31. The fourth-order valence-corrected chi connectivity index (χ4v) is 1.27. The lowest BCUT2D eigenvalue weighted by Crippen LogP contribution is -1.91. The van der Waals surface area contributed by atoms with Crippen LogP contribution in [-0.4, -0.2) is 15.2 Å². The van der Waals surface area contributed by atoms with Crippen molar-refractivity contribution in [1.29, 1.82) is 0 Å². The van der Waals surface area contributed by atoms with Gasteiger partial charge in [-0.25, -0.2) is 9.37 Å². The van der Waals surface area contributed by atoms with Crippen molar-refractivity contribution in [3.05, 3.63) is 41.6 Å². The van der Waals surface area contributed by atoms with Gasteiger partial charge in [-0.3, -0.25) is 0 Å². The van der Waals surface area contributed by atoms with E-state index in [1.165, 1.54) is 18.5 Å². The van der Waals surface area contributed by atoms with Crippen LogP contribution in [0.25, 0.3) is 11.3 Å². The molecule has 0 aliphatic carbocycles. The smallest absolute Gasteiger partial charge is 0.159 e. The maximum atomic E-state index is 12.9. The summed E-state index contributed by atoms with van der Waals surface area (Å²) in [7, 11) is 0. The molecular weight excluding hydrogens is 205 g/mol. The van der Waals surface area contributed by atoms with Crippen molar-refractivity contribution < 1.29 is 4.39 Å². The zero-order valence-electron chi connectivity index (χ0n) is 6.98. The van der Waals surface area contributed by atoms with Crippen LogP contribution in [0.15, 0.2) is 30.6 Å². The highest BCUT2D eigenvalue weighted by Gasteiger charge is 2.06. The van der Waals surface area contributed by atoms with E-state index in [-0.39, 0.29) is 11.0 Å². The van der Waals surface area contributed by atoms with E-state index >= 15 is 0 Å². The van der Waals surface area contributed by atoms with Crippen molar-refractivity contribution in [2.45, 2.75) is 0 Å². The number of benzene rings is 1. The lowest BCUT2D eigenvalue weighted by molar-refractivity contribution is 0.628. The van der Waals surface area contributed by atoms with Crippen LogP contribution in [0.2, 0.25) is 5.15 Å². The largest absolute Gasteiger partial charge is 0.220 e. The molecule has 2 aromatic rings. The second kappa shape index (κ2) is 3.67. The minimum Gasteiger partial charge on any atom is -0.220 e. The summed E-state index contributed by atoms with van der Waals surface area (Å²) in [5.41, 5.74) is 0.948. The Bertz CT molecular complexity index is 461. The molecule has 0 atom stereocenters. The van der Waals surface area contributed by atoms with Gasteiger partial charge in [0.05, 0.1) is 0 Å². The van der Waals surface area contributed by atoms with Crippen molar-refractivity contribution in [3.8, 4) is 11.3 Å². The van der Waals surface area contributed by atoms with Crippen molar-refractivity contribution in [2.75, 3.05) is 0 Å². The Hall–Kier alpha value is -1.55. The summed E-state index contributed by atoms with van der Waals surface area (Å²) in [6, 6.07) is 5.95. The number of hydrogen-bond acceptors (Lipinski definition) is 3. The van der Waals surface area contributed by atoms with Crippen LogP contribution in [-0.2, 0) is 0 Å². The molecule has 0 aliphatic rings. The van der Waals surface area contributed by atoms with E-state index in [0.29, 0.717) is 11.3 Å². The first kappa shape index (κ1) is 9.02. The molecule has 2 rings (SSSR count). The minimum atomic E-state index is -0.343. The molecule has 1 aromatic carbocycles. The second-order valence-electron chi connectivity index (χ2n) is 2.61. The number of aromatic nitrogens is 3. The third-order valence-electron chi connectivity index (χ3n) is 1.67. The Kier molecular flexibility index (Phi) is 2.37. The summed E-state index contributed by atoms with van der Waals surface area (Å²) in [6.07, 6.45) is 1.24. The summed E-state index contributed by atoms with van der Waals surface area (Å²) < 4.78 is 12.9. The zero-order chi connectivity index (χ0) is 9.97. The SMILES string of the molecule is Fc1cccc(-c2nncnc2Cl)c1. The first-order chi connectivity index (χ1) is 6.77. The number of hydrogen-bond donors (Lipinski definition) is 0. The summed E-state index contributed by atoms with van der Waals surface area (Å²) in [6.45, 7) is 0. The van der Waals surface area contributed by atoms with E-state index in [1.807, 2.05) is 0 Å². The third kappa shape index (κ3) is 1.70. The molecule has 0 fully saturated rings. The molecule has 0 unspecified atom stereocenters. The van der Waals surface area contributed by atoms with Gasteiger partial charge in [0.1, 0.15) is 17.8 Å². The third-order valence-corrected chi connectivity index (χ3v) is 1.95. The van der Waals surface area contributed by atoms with Gasteiger partial charge in [-0.2, -0.15) is 0 Å². The highest BCUT2D eigenvalue weighted by atomic mass is 35.5. The molecule has 14 heavy (non-hydrogen) atoms. The Morgan fingerprint density at radius 3 is 2.86 bits per heavy atom. The molecule has 0 radical (unpaired) electrons. The van der Waals surface area contributed by atoms with Gasteiger partial charge in [0.2, 0.25) is 0 Å². The zero-order valence-corrected chi connectivity index (χ0v) is 7.74. The van der Waals surface area contributed by atoms with Gasteiger partial charge in [-0.05, 0) is 12.1 Å². The average molecular weight is 210 g/mol. The van der Waals surface area contributed by atoms with Crippen molar-refractivity contribution in [2.24, 2.45) is 0 Å². The molecule has 5 heteroatoms. The topological polar surface area (TPSA) is 38.7 Å². The van der Waals surface area contributed by atoms with Crippen LogP contribution in [0.1, 0.15) is 0 Å². The lowest BCUT2D eigenvalue weighted by atomic mass is 10.2. The summed E-state index contributed by atoms with van der Waals surface area (Å²) in [5, 5.41) is 7.58. The Morgan fingerprint density at radius 2 is 2.14 bits per heavy atom. The van der Waals surface area contributed by atoms with Gasteiger partial charge in [0, 0.05) is 5.56 Å². The first-order valence-electron chi connectivity index (χ1n) is 3.86. The summed E-state index contributed by atoms with van der Waals surface area (Å²) in [5.74, 6) is -0.343. The van der Waals surface area contributed by atoms with Crippen LogP contribution < -0.4 is 0 Å². The van der Waals surface area contributed by atoms with E-state index in [0.717, 1.165) is 0 Å². The van der Waals surface area contributed by atoms with Gasteiger partial charge >= 0.3 is 0 Å². The van der Waals surface area contributed by atoms with Crippen molar-refractivity contribution in [3.63, 3.8) is 0 Å². The van der Waals surface area contributed by atoms with E-state index in [1.54, 1.807) is 12.1 Å². The molecule has 0 bridgehead atoms. The van der Waals surface area contributed by atoms with Crippen molar-refractivity contribution >= 4 is 11.6 Å². The predicted octanol–water partition coefficient (Wildman–Crippen LogP) is 2.33. The molecule has 0 amide bonds. The van der Waals surface area contributed by atoms with Gasteiger partial charge in [-0.15, -0.1) is 10.2 Å². The molecule has 0 N–H and O–H groups in total. The predicted molar refractivity (Wildman–Crippen MR) is 50.2 cm³/mol. The molecule has 70 valence electrons. The molecule has 1 heterocycles. The average Bonchev–Trinajstić information content (AvgIpc) is 2.18. The molecule has 0 aliphatic heterocycles. The Morgan fingerprint density at radius 1 is 1.29 bits per heavy atom. The van der Waals surface area contributed by atoms with Crippen LogP contribution in [0.3, 0.4) is 0 Å². The first-order valence-corrected chi connectivity index (χ1v) is 4.24. The van der Waals surface area contributed by atoms with E-state index < -0.39 is 0 Å². The highest BCUT2D eigenvalue weighted by Crippen LogP contribution is 2.22. The van der Waals surface area contributed by atoms with E-state index in [4.69, 9.17) is 11.6 Å². The standard InChI is InChI=1S/C9H5ClFN3/c10-9-8(14-13-5-12-9)6-2-1-3-7(11)4-6/h1-5H. The summed E-state index contributed by atoms with van der Waals surface area (Å²) in [4.78, 5) is 3.75. The van der Waals surface area contributed by atoms with Crippen LogP contribution in [0.4, 0.5) is 4.39 Å². The fourth-order valence-electron chi connectivity index (χ4n) is 1.08.